The van der Waals surface area contributed by atoms with Gasteiger partial charge >= 0.3 is 5.97 Å². The Morgan fingerprint density at radius 1 is 1.20 bits per heavy atom. The lowest BCUT2D eigenvalue weighted by Crippen LogP contribution is -2.77. The fourth-order valence-electron chi connectivity index (χ4n) is 9.18. The fourth-order valence-corrected chi connectivity index (χ4v) is 10.2. The zero-order valence-corrected chi connectivity index (χ0v) is 20.5. The summed E-state index contributed by atoms with van der Waals surface area (Å²) in [7, 11) is 1.46. The van der Waals surface area contributed by atoms with Crippen LogP contribution >= 0.6 is 15.9 Å². The molecule has 4 nitrogen and oxygen atoms in total. The number of rotatable bonds is 4. The van der Waals surface area contributed by atoms with Crippen LogP contribution < -0.4 is 0 Å². The molecule has 0 radical (unpaired) electrons. The molecule has 4 saturated carbocycles. The average Bonchev–Trinajstić information content (AvgIpc) is 3.08. The highest BCUT2D eigenvalue weighted by Gasteiger charge is 2.77. The van der Waals surface area contributed by atoms with Crippen LogP contribution in [0.1, 0.15) is 78.6 Å². The number of ketones is 1. The van der Waals surface area contributed by atoms with Gasteiger partial charge in [0.25, 0.3) is 0 Å². The van der Waals surface area contributed by atoms with Gasteiger partial charge in [-0.2, -0.15) is 0 Å². The molecule has 2 saturated heterocycles. The van der Waals surface area contributed by atoms with Crippen molar-refractivity contribution < 1.29 is 19.1 Å². The lowest BCUT2D eigenvalue weighted by atomic mass is 9.40. The molecule has 30 heavy (non-hydrogen) atoms. The second-order valence-corrected chi connectivity index (χ2v) is 12.4. The zero-order valence-electron chi connectivity index (χ0n) is 18.9. The summed E-state index contributed by atoms with van der Waals surface area (Å²) in [6, 6.07) is 0. The highest BCUT2D eigenvalue weighted by Crippen LogP contribution is 2.73. The van der Waals surface area contributed by atoms with Crippen LogP contribution in [0.15, 0.2) is 0 Å². The van der Waals surface area contributed by atoms with E-state index in [1.54, 1.807) is 0 Å². The molecule has 168 valence electrons. The van der Waals surface area contributed by atoms with Crippen LogP contribution in [0.3, 0.4) is 0 Å². The fraction of sp³-hybridized carbons (Fsp3) is 0.920. The van der Waals surface area contributed by atoms with E-state index in [9.17, 15) is 9.59 Å². The van der Waals surface area contributed by atoms with E-state index in [0.717, 1.165) is 38.5 Å². The van der Waals surface area contributed by atoms with E-state index in [0.29, 0.717) is 41.8 Å². The predicted octanol–water partition coefficient (Wildman–Crippen LogP) is 5.31. The van der Waals surface area contributed by atoms with Crippen molar-refractivity contribution in [1.29, 1.82) is 0 Å². The first-order valence-electron chi connectivity index (χ1n) is 12.1. The van der Waals surface area contributed by atoms with Crippen LogP contribution in [-0.4, -0.2) is 35.4 Å². The third-order valence-electron chi connectivity index (χ3n) is 10.7. The summed E-state index contributed by atoms with van der Waals surface area (Å²) in [5.41, 5.74) is -0.630. The number of hydrogen-bond donors (Lipinski definition) is 0. The minimum absolute atomic E-state index is 0.00366. The molecule has 4 bridgehead atoms. The number of hydrogen-bond acceptors (Lipinski definition) is 4. The van der Waals surface area contributed by atoms with E-state index in [1.165, 1.54) is 20.0 Å². The highest BCUT2D eigenvalue weighted by molar-refractivity contribution is 9.10. The summed E-state index contributed by atoms with van der Waals surface area (Å²) >= 11 is 3.98. The molecule has 4 aliphatic carbocycles. The number of carbonyl (C=O) groups is 2. The maximum Gasteiger partial charge on any atom is 0.305 e. The Morgan fingerprint density at radius 2 is 1.93 bits per heavy atom. The molecule has 0 aromatic carbocycles. The van der Waals surface area contributed by atoms with Gasteiger partial charge in [0, 0.05) is 11.8 Å². The summed E-state index contributed by atoms with van der Waals surface area (Å²) in [5.74, 6) is 2.57. The van der Waals surface area contributed by atoms with Crippen molar-refractivity contribution in [3.8, 4) is 0 Å². The minimum Gasteiger partial charge on any atom is -0.469 e. The van der Waals surface area contributed by atoms with Gasteiger partial charge < -0.3 is 9.47 Å². The summed E-state index contributed by atoms with van der Waals surface area (Å²) in [6.07, 6.45) is 9.73. The van der Waals surface area contributed by atoms with Crippen LogP contribution in [0.4, 0.5) is 0 Å². The van der Waals surface area contributed by atoms with Gasteiger partial charge in [0.05, 0.1) is 18.0 Å². The molecule has 2 aliphatic heterocycles. The number of Topliss-reactive ketones (excluding diaryl/α,β-unsaturated/α-hetero) is 1. The van der Waals surface area contributed by atoms with Crippen molar-refractivity contribution in [2.45, 2.75) is 95.1 Å². The van der Waals surface area contributed by atoms with E-state index in [1.807, 2.05) is 0 Å². The molecule has 6 fully saturated rings. The number of carbonyl (C=O) groups excluding carboxylic acids is 2. The van der Waals surface area contributed by atoms with Crippen molar-refractivity contribution in [1.82, 2.24) is 0 Å². The summed E-state index contributed by atoms with van der Waals surface area (Å²) in [6.45, 7) is 7.02. The normalized spacial score (nSPS) is 52.5. The molecular weight excluding hydrogens is 444 g/mol. The molecule has 0 N–H and O–H groups in total. The van der Waals surface area contributed by atoms with Gasteiger partial charge in [-0.05, 0) is 86.4 Å². The largest absolute Gasteiger partial charge is 0.469 e. The Labute approximate surface area is 189 Å². The first kappa shape index (κ1) is 21.4. The molecule has 6 aliphatic rings. The summed E-state index contributed by atoms with van der Waals surface area (Å²) < 4.78 is 11.7. The van der Waals surface area contributed by atoms with Gasteiger partial charge in [-0.25, -0.2) is 0 Å². The number of esters is 1. The van der Waals surface area contributed by atoms with Crippen LogP contribution in [0.5, 0.6) is 0 Å². The van der Waals surface area contributed by atoms with E-state index in [-0.39, 0.29) is 27.7 Å². The van der Waals surface area contributed by atoms with Crippen molar-refractivity contribution >= 4 is 27.7 Å². The Morgan fingerprint density at radius 3 is 2.67 bits per heavy atom. The molecule has 2 heterocycles. The lowest BCUT2D eigenvalue weighted by molar-refractivity contribution is -0.306. The number of ether oxygens (including phenoxy) is 2. The van der Waals surface area contributed by atoms with Gasteiger partial charge in [0.2, 0.25) is 0 Å². The molecule has 0 aromatic heterocycles. The van der Waals surface area contributed by atoms with Gasteiger partial charge in [0.15, 0.2) is 5.78 Å². The molecule has 1 spiro atoms. The smallest absolute Gasteiger partial charge is 0.305 e. The van der Waals surface area contributed by atoms with E-state index < -0.39 is 5.60 Å². The SMILES string of the molecule is COC(=O)CC[C@@H](C)[C@@H]1CC[C@@H]2[C@H]3CC[C@@H]4C[C@H]5CC[C@@]4(C)[C@]3(O5)C(=O)[C@@H](Br)[C@]21C. The topological polar surface area (TPSA) is 52.6 Å². The Bertz CT molecular complexity index is 753. The van der Waals surface area contributed by atoms with Gasteiger partial charge in [-0.15, -0.1) is 0 Å². The minimum atomic E-state index is -0.570. The monoisotopic (exact) mass is 480 g/mol. The quantitative estimate of drug-likeness (QED) is 0.404. The van der Waals surface area contributed by atoms with Crippen LogP contribution in [-0.2, 0) is 19.1 Å². The average molecular weight is 481 g/mol. The van der Waals surface area contributed by atoms with Crippen molar-refractivity contribution in [2.75, 3.05) is 7.11 Å². The number of fused-ring (bicyclic) bond motifs is 3. The second kappa shape index (κ2) is 7.04. The van der Waals surface area contributed by atoms with Gasteiger partial charge in [0.1, 0.15) is 5.60 Å². The third kappa shape index (κ3) is 2.48. The van der Waals surface area contributed by atoms with E-state index in [2.05, 4.69) is 36.7 Å². The first-order valence-corrected chi connectivity index (χ1v) is 13.0. The Kier molecular flexibility index (Phi) is 5.03. The predicted molar refractivity (Wildman–Crippen MR) is 118 cm³/mol. The third-order valence-corrected chi connectivity index (χ3v) is 12.1. The number of halogens is 1. The van der Waals surface area contributed by atoms with Crippen molar-refractivity contribution in [3.05, 3.63) is 0 Å². The number of alkyl halides is 1. The maximum atomic E-state index is 14.3. The van der Waals surface area contributed by atoms with Crippen LogP contribution in [0.25, 0.3) is 0 Å². The van der Waals surface area contributed by atoms with Gasteiger partial charge in [-0.1, -0.05) is 36.7 Å². The molecule has 5 heteroatoms. The molecule has 0 amide bonds. The van der Waals surface area contributed by atoms with Gasteiger partial charge in [-0.3, -0.25) is 9.59 Å². The van der Waals surface area contributed by atoms with Crippen molar-refractivity contribution in [3.63, 3.8) is 0 Å². The summed E-state index contributed by atoms with van der Waals surface area (Å²) in [4.78, 5) is 25.8. The standard InChI is InChI=1S/C25H37BrO4/c1-14(5-10-20(27)29-4)17-8-9-18-19-7-6-15-13-16-11-12-23(15,2)25(19,30-16)22(28)21(26)24(17,18)3/h14-19,21H,5-13H2,1-4H3/t14-,15-,16-,17+,18-,19-,21-,23-,24+,25-/m1/s1. The van der Waals surface area contributed by atoms with Crippen LogP contribution in [0, 0.1) is 40.4 Å². The Hall–Kier alpha value is -0.420. The zero-order chi connectivity index (χ0) is 21.5. The van der Waals surface area contributed by atoms with Crippen molar-refractivity contribution in [2.24, 2.45) is 40.4 Å². The van der Waals surface area contributed by atoms with E-state index in [4.69, 9.17) is 9.47 Å². The molecule has 0 unspecified atom stereocenters. The van der Waals surface area contributed by atoms with Crippen LogP contribution in [0.2, 0.25) is 0 Å². The number of methoxy groups -OCH3 is 1. The maximum absolute atomic E-state index is 14.3. The Balaban J connectivity index is 1.49. The molecule has 6 rings (SSSR count). The molecule has 0 aromatic rings. The molecular formula is C25H37BrO4. The molecule has 10 atom stereocenters. The lowest BCUT2D eigenvalue weighted by Gasteiger charge is -2.71. The summed E-state index contributed by atoms with van der Waals surface area (Å²) in [5, 5.41) is 0. The van der Waals surface area contributed by atoms with E-state index >= 15 is 0 Å². The highest BCUT2D eigenvalue weighted by atomic mass is 79.9. The second-order valence-electron chi connectivity index (χ2n) is 11.5. The first-order chi connectivity index (χ1) is 14.2.